The van der Waals surface area contributed by atoms with Crippen molar-refractivity contribution in [2.75, 3.05) is 7.11 Å². The van der Waals surface area contributed by atoms with Crippen molar-refractivity contribution in [2.24, 2.45) is 0 Å². The van der Waals surface area contributed by atoms with E-state index in [-0.39, 0.29) is 17.8 Å². The van der Waals surface area contributed by atoms with Gasteiger partial charge in [-0.1, -0.05) is 37.8 Å². The standard InChI is InChI=1S/C22H26FNO2/c1-15-13-17(16-9-11-18(23)12-10-16)14-20(21(15)26-2)22(25)24-19-7-5-3-4-6-8-19/h9-14,19H,3-8H2,1-2H3,(H,24,25). The quantitative estimate of drug-likeness (QED) is 0.760. The summed E-state index contributed by atoms with van der Waals surface area (Å²) >= 11 is 0. The van der Waals surface area contributed by atoms with Crippen LogP contribution in [0.5, 0.6) is 5.75 Å². The Hall–Kier alpha value is -2.36. The van der Waals surface area contributed by atoms with E-state index in [1.54, 1.807) is 19.2 Å². The van der Waals surface area contributed by atoms with Crippen molar-refractivity contribution in [3.63, 3.8) is 0 Å². The van der Waals surface area contributed by atoms with Gasteiger partial charge in [-0.05, 0) is 60.7 Å². The molecule has 0 heterocycles. The molecule has 1 aliphatic rings. The Bertz CT molecular complexity index is 762. The fourth-order valence-corrected chi connectivity index (χ4v) is 3.71. The SMILES string of the molecule is COc1c(C)cc(-c2ccc(F)cc2)cc1C(=O)NC1CCCCCC1. The fourth-order valence-electron chi connectivity index (χ4n) is 3.71. The maximum atomic E-state index is 13.2. The average molecular weight is 355 g/mol. The van der Waals surface area contributed by atoms with E-state index in [2.05, 4.69) is 5.32 Å². The van der Waals surface area contributed by atoms with E-state index in [4.69, 9.17) is 4.74 Å². The molecule has 1 saturated carbocycles. The van der Waals surface area contributed by atoms with E-state index in [0.29, 0.717) is 11.3 Å². The number of hydrogen-bond acceptors (Lipinski definition) is 2. The van der Waals surface area contributed by atoms with E-state index >= 15 is 0 Å². The molecule has 0 atom stereocenters. The Balaban J connectivity index is 1.90. The van der Waals surface area contributed by atoms with Gasteiger partial charge in [0.25, 0.3) is 5.91 Å². The van der Waals surface area contributed by atoms with Gasteiger partial charge in [0.1, 0.15) is 11.6 Å². The largest absolute Gasteiger partial charge is 0.496 e. The first kappa shape index (κ1) is 18.4. The van der Waals surface area contributed by atoms with Crippen LogP contribution >= 0.6 is 0 Å². The van der Waals surface area contributed by atoms with Gasteiger partial charge in [0.05, 0.1) is 12.7 Å². The number of carbonyl (C=O) groups is 1. The molecule has 2 aromatic rings. The van der Waals surface area contributed by atoms with Crippen molar-refractivity contribution in [3.05, 3.63) is 53.3 Å². The molecule has 3 rings (SSSR count). The summed E-state index contributed by atoms with van der Waals surface area (Å²) in [7, 11) is 1.59. The summed E-state index contributed by atoms with van der Waals surface area (Å²) in [6.07, 6.45) is 6.88. The van der Waals surface area contributed by atoms with Gasteiger partial charge < -0.3 is 10.1 Å². The van der Waals surface area contributed by atoms with Crippen LogP contribution in [0.15, 0.2) is 36.4 Å². The Morgan fingerprint density at radius 2 is 1.69 bits per heavy atom. The van der Waals surface area contributed by atoms with E-state index in [1.165, 1.54) is 25.0 Å². The molecule has 0 unspecified atom stereocenters. The van der Waals surface area contributed by atoms with Gasteiger partial charge in [0, 0.05) is 6.04 Å². The van der Waals surface area contributed by atoms with Gasteiger partial charge in [-0.15, -0.1) is 0 Å². The van der Waals surface area contributed by atoms with Crippen LogP contribution in [-0.4, -0.2) is 19.1 Å². The second kappa shape index (κ2) is 8.35. The zero-order chi connectivity index (χ0) is 18.5. The summed E-state index contributed by atoms with van der Waals surface area (Å²) in [6.45, 7) is 1.92. The van der Waals surface area contributed by atoms with Crippen LogP contribution in [-0.2, 0) is 0 Å². The second-order valence-corrected chi connectivity index (χ2v) is 7.04. The Morgan fingerprint density at radius 1 is 1.04 bits per heavy atom. The van der Waals surface area contributed by atoms with E-state index in [0.717, 1.165) is 42.4 Å². The molecule has 4 heteroatoms. The normalized spacial score (nSPS) is 15.3. The molecule has 1 amide bonds. The van der Waals surface area contributed by atoms with Crippen LogP contribution in [0.25, 0.3) is 11.1 Å². The van der Waals surface area contributed by atoms with Crippen molar-refractivity contribution in [1.82, 2.24) is 5.32 Å². The number of hydrogen-bond donors (Lipinski definition) is 1. The molecule has 1 N–H and O–H groups in total. The van der Waals surface area contributed by atoms with Gasteiger partial charge in [0.2, 0.25) is 0 Å². The molecule has 0 radical (unpaired) electrons. The minimum Gasteiger partial charge on any atom is -0.496 e. The maximum absolute atomic E-state index is 13.2. The zero-order valence-electron chi connectivity index (χ0n) is 15.5. The minimum absolute atomic E-state index is 0.0965. The highest BCUT2D eigenvalue weighted by Gasteiger charge is 2.20. The molecule has 1 aliphatic carbocycles. The van der Waals surface area contributed by atoms with E-state index in [1.807, 2.05) is 19.1 Å². The number of aryl methyl sites for hydroxylation is 1. The molecule has 0 spiro atoms. The summed E-state index contributed by atoms with van der Waals surface area (Å²) in [5.74, 6) is 0.230. The lowest BCUT2D eigenvalue weighted by Crippen LogP contribution is -2.34. The third kappa shape index (κ3) is 4.24. The number of benzene rings is 2. The average Bonchev–Trinajstić information content (AvgIpc) is 2.90. The molecule has 0 aliphatic heterocycles. The number of rotatable bonds is 4. The lowest BCUT2D eigenvalue weighted by Gasteiger charge is -2.19. The Labute approximate surface area is 154 Å². The molecule has 2 aromatic carbocycles. The smallest absolute Gasteiger partial charge is 0.255 e. The number of nitrogens with one attached hydrogen (secondary N) is 1. The highest BCUT2D eigenvalue weighted by Crippen LogP contribution is 2.31. The predicted octanol–water partition coefficient (Wildman–Crippen LogP) is 5.26. The van der Waals surface area contributed by atoms with Crippen LogP contribution < -0.4 is 10.1 Å². The van der Waals surface area contributed by atoms with Crippen molar-refractivity contribution >= 4 is 5.91 Å². The predicted molar refractivity (Wildman–Crippen MR) is 102 cm³/mol. The lowest BCUT2D eigenvalue weighted by molar-refractivity contribution is 0.0930. The summed E-state index contributed by atoms with van der Waals surface area (Å²) in [6, 6.07) is 10.3. The van der Waals surface area contributed by atoms with Crippen LogP contribution in [0, 0.1) is 12.7 Å². The molecule has 0 aromatic heterocycles. The Kier molecular flexibility index (Phi) is 5.92. The topological polar surface area (TPSA) is 38.3 Å². The summed E-state index contributed by atoms with van der Waals surface area (Å²) < 4.78 is 18.7. The van der Waals surface area contributed by atoms with Gasteiger partial charge >= 0.3 is 0 Å². The molecule has 0 bridgehead atoms. The monoisotopic (exact) mass is 355 g/mol. The number of halogens is 1. The van der Waals surface area contributed by atoms with Crippen molar-refractivity contribution < 1.29 is 13.9 Å². The molecular weight excluding hydrogens is 329 g/mol. The zero-order valence-corrected chi connectivity index (χ0v) is 15.5. The third-order valence-corrected chi connectivity index (χ3v) is 5.09. The third-order valence-electron chi connectivity index (χ3n) is 5.09. The molecule has 138 valence electrons. The summed E-state index contributed by atoms with van der Waals surface area (Å²) in [5.41, 5.74) is 3.19. The number of ether oxygens (including phenoxy) is 1. The molecular formula is C22H26FNO2. The highest BCUT2D eigenvalue weighted by atomic mass is 19.1. The molecule has 0 saturated heterocycles. The van der Waals surface area contributed by atoms with Crippen LogP contribution in [0.3, 0.4) is 0 Å². The van der Waals surface area contributed by atoms with Crippen molar-refractivity contribution in [2.45, 2.75) is 51.5 Å². The van der Waals surface area contributed by atoms with E-state index in [9.17, 15) is 9.18 Å². The first-order valence-electron chi connectivity index (χ1n) is 9.34. The van der Waals surface area contributed by atoms with E-state index < -0.39 is 0 Å². The fraction of sp³-hybridized carbons (Fsp3) is 0.409. The molecule has 1 fully saturated rings. The number of amides is 1. The Morgan fingerprint density at radius 3 is 2.31 bits per heavy atom. The van der Waals surface area contributed by atoms with Crippen LogP contribution in [0.2, 0.25) is 0 Å². The lowest BCUT2D eigenvalue weighted by atomic mass is 9.98. The minimum atomic E-state index is -0.273. The second-order valence-electron chi connectivity index (χ2n) is 7.04. The molecule has 26 heavy (non-hydrogen) atoms. The van der Waals surface area contributed by atoms with Crippen molar-refractivity contribution in [3.8, 4) is 16.9 Å². The van der Waals surface area contributed by atoms with Crippen LogP contribution in [0.1, 0.15) is 54.4 Å². The van der Waals surface area contributed by atoms with Gasteiger partial charge in [-0.25, -0.2) is 4.39 Å². The summed E-state index contributed by atoms with van der Waals surface area (Å²) in [4.78, 5) is 12.9. The number of carbonyl (C=O) groups excluding carboxylic acids is 1. The number of methoxy groups -OCH3 is 1. The maximum Gasteiger partial charge on any atom is 0.255 e. The van der Waals surface area contributed by atoms with Gasteiger partial charge in [0.15, 0.2) is 0 Å². The highest BCUT2D eigenvalue weighted by molar-refractivity contribution is 5.99. The van der Waals surface area contributed by atoms with Gasteiger partial charge in [-0.2, -0.15) is 0 Å². The van der Waals surface area contributed by atoms with Gasteiger partial charge in [-0.3, -0.25) is 4.79 Å². The summed E-state index contributed by atoms with van der Waals surface area (Å²) in [5, 5.41) is 3.19. The van der Waals surface area contributed by atoms with Crippen molar-refractivity contribution in [1.29, 1.82) is 0 Å². The van der Waals surface area contributed by atoms with Crippen LogP contribution in [0.4, 0.5) is 4.39 Å². The first-order chi connectivity index (χ1) is 12.6. The first-order valence-corrected chi connectivity index (χ1v) is 9.34. The molecule has 3 nitrogen and oxygen atoms in total.